The normalized spacial score (nSPS) is 10.8. The number of benzene rings is 3. The van der Waals surface area contributed by atoms with Crippen LogP contribution < -0.4 is 0 Å². The summed E-state index contributed by atoms with van der Waals surface area (Å²) in [6.45, 7) is 4.96. The average molecular weight is 561 g/mol. The number of carbonyl (C=O) groups excluding carboxylic acids is 1. The van der Waals surface area contributed by atoms with Gasteiger partial charge in [0.25, 0.3) is 0 Å². The summed E-state index contributed by atoms with van der Waals surface area (Å²) in [5.74, 6) is -0.0625. The van der Waals surface area contributed by atoms with Crippen LogP contribution in [0, 0.1) is 13.0 Å². The summed E-state index contributed by atoms with van der Waals surface area (Å²) in [5.41, 5.74) is 4.27. The second-order valence-corrected chi connectivity index (χ2v) is 6.72. The number of rotatable bonds is 2. The van der Waals surface area contributed by atoms with Crippen LogP contribution >= 0.6 is 0 Å². The first-order valence-corrected chi connectivity index (χ1v) is 9.09. The Bertz CT molecular complexity index is 1180. The molecule has 0 atom stereocenters. The number of aromatic nitrogens is 1. The van der Waals surface area contributed by atoms with Gasteiger partial charge in [-0.25, -0.2) is 0 Å². The Labute approximate surface area is 184 Å². The summed E-state index contributed by atoms with van der Waals surface area (Å²) in [4.78, 5) is 14.8. The molecule has 0 amide bonds. The van der Waals surface area contributed by atoms with Gasteiger partial charge < -0.3 is 5.11 Å². The molecule has 1 aromatic heterocycles. The quantitative estimate of drug-likeness (QED) is 0.181. The Morgan fingerprint density at radius 1 is 0.966 bits per heavy atom. The smallest absolute Gasteiger partial charge is 0.155 e. The van der Waals surface area contributed by atoms with Crippen LogP contribution in [0.2, 0.25) is 0 Å². The molecule has 4 rings (SSSR count). The average Bonchev–Trinajstić information content (AvgIpc) is 2.66. The van der Waals surface area contributed by atoms with Gasteiger partial charge in [-0.05, 0) is 37.9 Å². The van der Waals surface area contributed by atoms with Gasteiger partial charge in [0.2, 0.25) is 0 Å². The van der Waals surface area contributed by atoms with Crippen molar-refractivity contribution in [3.05, 3.63) is 90.2 Å². The number of fused-ring (bicyclic) bond motifs is 2. The predicted molar refractivity (Wildman–Crippen MR) is 115 cm³/mol. The molecule has 1 radical (unpaired) electrons. The van der Waals surface area contributed by atoms with E-state index in [4.69, 9.17) is 10.1 Å². The molecule has 0 spiro atoms. The van der Waals surface area contributed by atoms with Crippen molar-refractivity contribution in [2.75, 3.05) is 0 Å². The second-order valence-electron chi connectivity index (χ2n) is 6.72. The number of carbonyl (C=O) groups is 1. The molecule has 0 saturated heterocycles. The van der Waals surface area contributed by atoms with Gasteiger partial charge in [0.15, 0.2) is 5.78 Å². The predicted octanol–water partition coefficient (Wildman–Crippen LogP) is 6.20. The molecular weight excluding hydrogens is 538 g/mol. The van der Waals surface area contributed by atoms with Crippen LogP contribution in [0.4, 0.5) is 0 Å². The molecular formula is C25H22IrNO2-. The van der Waals surface area contributed by atoms with Gasteiger partial charge in [0.05, 0.1) is 11.3 Å². The topological polar surface area (TPSA) is 50.2 Å². The third-order valence-electron chi connectivity index (χ3n) is 4.26. The van der Waals surface area contributed by atoms with E-state index in [1.54, 1.807) is 0 Å². The van der Waals surface area contributed by atoms with Crippen molar-refractivity contribution < 1.29 is 30.0 Å². The van der Waals surface area contributed by atoms with E-state index in [0.717, 1.165) is 16.8 Å². The molecule has 3 nitrogen and oxygen atoms in total. The van der Waals surface area contributed by atoms with Crippen molar-refractivity contribution in [3.8, 4) is 11.3 Å². The fourth-order valence-electron chi connectivity index (χ4n) is 3.05. The van der Waals surface area contributed by atoms with Gasteiger partial charge >= 0.3 is 0 Å². The summed E-state index contributed by atoms with van der Waals surface area (Å²) >= 11 is 0. The Balaban J connectivity index is 0.000000327. The molecule has 0 bridgehead atoms. The Morgan fingerprint density at radius 2 is 1.59 bits per heavy atom. The summed E-state index contributed by atoms with van der Waals surface area (Å²) in [6, 6.07) is 26.4. The number of hydrogen-bond acceptors (Lipinski definition) is 3. The fourth-order valence-corrected chi connectivity index (χ4v) is 3.05. The molecule has 149 valence electrons. The Hall–Kier alpha value is -2.81. The van der Waals surface area contributed by atoms with Crippen LogP contribution in [0.3, 0.4) is 0 Å². The molecule has 4 aromatic rings. The molecule has 0 aliphatic rings. The first-order chi connectivity index (χ1) is 13.4. The standard InChI is InChI=1S/C20H14N.C5H8O2.Ir/c1-14-12-17-8-4-5-9-19(17)21-20(14)18-11-10-15-6-2-3-7-16(15)13-18;1-4(6)3-5(2)7;/h2-10,12-13H,1H3;3,6H,1-2H3;/q-1;;/b;4-3-;. The minimum absolute atomic E-state index is 0. The van der Waals surface area contributed by atoms with E-state index in [2.05, 4.69) is 61.5 Å². The summed E-state index contributed by atoms with van der Waals surface area (Å²) in [7, 11) is 0. The maximum Gasteiger partial charge on any atom is 0.155 e. The van der Waals surface area contributed by atoms with E-state index in [1.807, 2.05) is 18.2 Å². The van der Waals surface area contributed by atoms with Crippen LogP contribution in [-0.2, 0) is 24.9 Å². The zero-order chi connectivity index (χ0) is 20.1. The molecule has 3 aromatic carbocycles. The van der Waals surface area contributed by atoms with E-state index >= 15 is 0 Å². The van der Waals surface area contributed by atoms with Crippen LogP contribution in [-0.4, -0.2) is 15.9 Å². The summed E-state index contributed by atoms with van der Waals surface area (Å²) < 4.78 is 0. The number of para-hydroxylation sites is 1. The fraction of sp³-hybridized carbons (Fsp3) is 0.120. The van der Waals surface area contributed by atoms with E-state index in [-0.39, 0.29) is 31.6 Å². The van der Waals surface area contributed by atoms with E-state index < -0.39 is 0 Å². The maximum absolute atomic E-state index is 10.0. The van der Waals surface area contributed by atoms with Gasteiger partial charge in [-0.1, -0.05) is 59.5 Å². The molecule has 0 unspecified atom stereocenters. The first-order valence-electron chi connectivity index (χ1n) is 9.09. The van der Waals surface area contributed by atoms with Gasteiger partial charge in [0.1, 0.15) is 0 Å². The van der Waals surface area contributed by atoms with E-state index in [0.29, 0.717) is 0 Å². The molecule has 1 N–H and O–H groups in total. The van der Waals surface area contributed by atoms with Gasteiger partial charge in [0, 0.05) is 26.2 Å². The Morgan fingerprint density at radius 3 is 2.21 bits per heavy atom. The third-order valence-corrected chi connectivity index (χ3v) is 4.26. The van der Waals surface area contributed by atoms with Crippen molar-refractivity contribution in [2.24, 2.45) is 0 Å². The number of allylic oxidation sites excluding steroid dienone is 2. The maximum atomic E-state index is 10.0. The molecule has 0 aliphatic carbocycles. The van der Waals surface area contributed by atoms with Crippen molar-refractivity contribution in [1.82, 2.24) is 4.98 Å². The zero-order valence-electron chi connectivity index (χ0n) is 16.6. The number of aliphatic hydroxyl groups excluding tert-OH is 1. The van der Waals surface area contributed by atoms with Gasteiger partial charge in [-0.15, -0.1) is 29.1 Å². The second kappa shape index (κ2) is 10.1. The van der Waals surface area contributed by atoms with Gasteiger partial charge in [-0.3, -0.25) is 9.78 Å². The number of nitrogens with zero attached hydrogens (tertiary/aromatic N) is 1. The monoisotopic (exact) mass is 561 g/mol. The third kappa shape index (κ3) is 5.83. The molecule has 1 heterocycles. The van der Waals surface area contributed by atoms with Crippen molar-refractivity contribution in [3.63, 3.8) is 0 Å². The largest absolute Gasteiger partial charge is 0.512 e. The summed E-state index contributed by atoms with van der Waals surface area (Å²) in [6.07, 6.45) is 1.17. The molecule has 0 saturated carbocycles. The number of hydrogen-bond donors (Lipinski definition) is 1. The van der Waals surface area contributed by atoms with Crippen molar-refractivity contribution in [1.29, 1.82) is 0 Å². The number of aryl methyl sites for hydroxylation is 1. The number of aliphatic hydroxyl groups is 1. The van der Waals surface area contributed by atoms with Gasteiger partial charge in [-0.2, -0.15) is 0 Å². The molecule has 29 heavy (non-hydrogen) atoms. The minimum Gasteiger partial charge on any atom is -0.512 e. The van der Waals surface area contributed by atoms with E-state index in [9.17, 15) is 4.79 Å². The van der Waals surface area contributed by atoms with E-state index in [1.165, 1.54) is 41.6 Å². The molecule has 0 fully saturated rings. The van der Waals surface area contributed by atoms with Crippen LogP contribution in [0.5, 0.6) is 0 Å². The van der Waals surface area contributed by atoms with Crippen molar-refractivity contribution in [2.45, 2.75) is 20.8 Å². The molecule has 4 heteroatoms. The molecule has 0 aliphatic heterocycles. The number of ketones is 1. The first kappa shape index (κ1) is 22.5. The van der Waals surface area contributed by atoms with Crippen molar-refractivity contribution >= 4 is 27.5 Å². The minimum atomic E-state index is -0.125. The Kier molecular flexibility index (Phi) is 7.83. The SMILES string of the molecule is CC(=O)/C=C(/C)O.Cc1cc2ccccc2nc1-c1[c-]cc2ccccc2c1.[Ir]. The van der Waals surface area contributed by atoms with Crippen LogP contribution in [0.25, 0.3) is 32.9 Å². The zero-order valence-corrected chi connectivity index (χ0v) is 19.0. The number of pyridine rings is 1. The van der Waals surface area contributed by atoms with Crippen LogP contribution in [0.15, 0.2) is 78.6 Å². The summed E-state index contributed by atoms with van der Waals surface area (Å²) in [5, 5.41) is 12.0. The van der Waals surface area contributed by atoms with Crippen LogP contribution in [0.1, 0.15) is 19.4 Å².